The van der Waals surface area contributed by atoms with Crippen LogP contribution in [0.3, 0.4) is 0 Å². The van der Waals surface area contributed by atoms with Crippen LogP contribution in [0, 0.1) is 0 Å². The van der Waals surface area contributed by atoms with Crippen molar-refractivity contribution in [1.82, 2.24) is 10.2 Å². The van der Waals surface area contributed by atoms with Gasteiger partial charge in [0.25, 0.3) is 10.0 Å². The molecule has 0 radical (unpaired) electrons. The topological polar surface area (TPSA) is 96.0 Å². The first-order valence-corrected chi connectivity index (χ1v) is 15.1. The number of sulfonamides is 1. The maximum absolute atomic E-state index is 13.9. The second-order valence-corrected chi connectivity index (χ2v) is 11.9. The maximum atomic E-state index is 13.9. The molecule has 2 amide bonds. The van der Waals surface area contributed by atoms with E-state index in [4.69, 9.17) is 4.74 Å². The van der Waals surface area contributed by atoms with Crippen molar-refractivity contribution in [3.8, 4) is 5.75 Å². The molecule has 1 aliphatic carbocycles. The molecule has 9 heteroatoms. The Morgan fingerprint density at radius 3 is 2.12 bits per heavy atom. The molecule has 0 saturated heterocycles. The summed E-state index contributed by atoms with van der Waals surface area (Å²) in [5, 5.41) is 3.09. The van der Waals surface area contributed by atoms with Crippen molar-refractivity contribution >= 4 is 27.5 Å². The number of rotatable bonds is 12. The van der Waals surface area contributed by atoms with E-state index in [1.165, 1.54) is 24.1 Å². The second kappa shape index (κ2) is 13.5. The van der Waals surface area contributed by atoms with E-state index in [1.807, 2.05) is 30.3 Å². The molecule has 0 heterocycles. The van der Waals surface area contributed by atoms with Crippen molar-refractivity contribution in [2.24, 2.45) is 0 Å². The Bertz CT molecular complexity index is 1360. The highest BCUT2D eigenvalue weighted by Gasteiger charge is 2.33. The van der Waals surface area contributed by atoms with E-state index < -0.39 is 28.5 Å². The van der Waals surface area contributed by atoms with E-state index in [0.29, 0.717) is 17.9 Å². The van der Waals surface area contributed by atoms with E-state index in [-0.39, 0.29) is 23.4 Å². The lowest BCUT2D eigenvalue weighted by Crippen LogP contribution is -2.53. The number of benzene rings is 3. The molecule has 1 aliphatic rings. The van der Waals surface area contributed by atoms with Gasteiger partial charge in [0.05, 0.1) is 17.7 Å². The number of nitrogens with zero attached hydrogens (tertiary/aromatic N) is 2. The maximum Gasteiger partial charge on any atom is 0.264 e. The Morgan fingerprint density at radius 1 is 0.925 bits per heavy atom. The fraction of sp³-hybridized carbons (Fsp3) is 0.355. The van der Waals surface area contributed by atoms with Crippen LogP contribution in [0.5, 0.6) is 5.75 Å². The number of hydrogen-bond donors (Lipinski definition) is 1. The molecule has 0 unspecified atom stereocenters. The van der Waals surface area contributed by atoms with Gasteiger partial charge in [-0.15, -0.1) is 0 Å². The van der Waals surface area contributed by atoms with E-state index in [2.05, 4.69) is 5.32 Å². The zero-order valence-corrected chi connectivity index (χ0v) is 23.8. The van der Waals surface area contributed by atoms with Crippen LogP contribution in [0.4, 0.5) is 5.69 Å². The van der Waals surface area contributed by atoms with Crippen LogP contribution < -0.4 is 14.4 Å². The molecule has 212 valence electrons. The number of nitrogens with one attached hydrogen (secondary N) is 1. The third kappa shape index (κ3) is 7.21. The fourth-order valence-corrected chi connectivity index (χ4v) is 6.39. The van der Waals surface area contributed by atoms with Gasteiger partial charge in [-0.3, -0.25) is 13.9 Å². The minimum Gasteiger partial charge on any atom is -0.497 e. The molecule has 1 N–H and O–H groups in total. The Hall–Kier alpha value is -3.85. The highest BCUT2D eigenvalue weighted by molar-refractivity contribution is 7.92. The normalized spacial score (nSPS) is 14.3. The van der Waals surface area contributed by atoms with E-state index in [0.717, 1.165) is 35.6 Å². The van der Waals surface area contributed by atoms with Gasteiger partial charge in [-0.25, -0.2) is 8.42 Å². The first kappa shape index (κ1) is 29.1. The lowest BCUT2D eigenvalue weighted by Gasteiger charge is -2.32. The van der Waals surface area contributed by atoms with E-state index in [9.17, 15) is 18.0 Å². The quantitative estimate of drug-likeness (QED) is 0.352. The summed E-state index contributed by atoms with van der Waals surface area (Å²) in [5.74, 6) is -0.121. The molecule has 0 aliphatic heterocycles. The molecule has 1 saturated carbocycles. The van der Waals surface area contributed by atoms with Gasteiger partial charge < -0.3 is 15.0 Å². The Labute approximate surface area is 237 Å². The van der Waals surface area contributed by atoms with Crippen molar-refractivity contribution in [1.29, 1.82) is 0 Å². The van der Waals surface area contributed by atoms with E-state index >= 15 is 0 Å². The Balaban J connectivity index is 1.63. The number of hydrogen-bond acceptors (Lipinski definition) is 5. The predicted octanol–water partition coefficient (Wildman–Crippen LogP) is 4.41. The SMILES string of the molecule is COc1ccc(N(CC(=O)N(CCc2ccccc2)[C@H](C)C(=O)NC2CCCC2)S(=O)(=O)c2ccccc2)cc1. The molecule has 1 atom stereocenters. The smallest absolute Gasteiger partial charge is 0.264 e. The summed E-state index contributed by atoms with van der Waals surface area (Å²) < 4.78 is 33.9. The van der Waals surface area contributed by atoms with Crippen molar-refractivity contribution in [2.45, 2.75) is 56.0 Å². The zero-order chi connectivity index (χ0) is 28.5. The Kier molecular flexibility index (Phi) is 9.82. The minimum atomic E-state index is -4.09. The number of carbonyl (C=O) groups excluding carboxylic acids is 2. The van der Waals surface area contributed by atoms with Crippen LogP contribution in [0.1, 0.15) is 38.2 Å². The lowest BCUT2D eigenvalue weighted by molar-refractivity contribution is -0.139. The predicted molar refractivity (Wildman–Crippen MR) is 156 cm³/mol. The largest absolute Gasteiger partial charge is 0.497 e. The fourth-order valence-electron chi connectivity index (χ4n) is 4.96. The molecule has 40 heavy (non-hydrogen) atoms. The minimum absolute atomic E-state index is 0.0708. The third-order valence-electron chi connectivity index (χ3n) is 7.32. The van der Waals surface area contributed by atoms with Crippen LogP contribution in [-0.4, -0.2) is 57.4 Å². The summed E-state index contributed by atoms with van der Waals surface area (Å²) in [6.45, 7) is 1.51. The standard InChI is InChI=1S/C31H37N3O5S/c1-24(31(36)32-26-13-9-10-14-26)33(22-21-25-11-5-3-6-12-25)30(35)23-34(27-17-19-28(39-2)20-18-27)40(37,38)29-15-7-4-8-16-29/h3-8,11-12,15-20,24,26H,9-10,13-14,21-23H2,1-2H3,(H,32,36)/t24-/m1/s1. The molecule has 0 spiro atoms. The number of amides is 2. The molecule has 0 bridgehead atoms. The summed E-state index contributed by atoms with van der Waals surface area (Å²) in [4.78, 5) is 28.8. The Morgan fingerprint density at radius 2 is 1.52 bits per heavy atom. The van der Waals surface area contributed by atoms with Gasteiger partial charge in [0.15, 0.2) is 0 Å². The molecule has 3 aromatic carbocycles. The van der Waals surface area contributed by atoms with Crippen molar-refractivity contribution in [3.05, 3.63) is 90.5 Å². The van der Waals surface area contributed by atoms with Gasteiger partial charge in [-0.2, -0.15) is 0 Å². The highest BCUT2D eigenvalue weighted by atomic mass is 32.2. The van der Waals surface area contributed by atoms with Gasteiger partial charge in [-0.1, -0.05) is 61.4 Å². The molecule has 3 aromatic rings. The number of carbonyl (C=O) groups is 2. The summed E-state index contributed by atoms with van der Waals surface area (Å²) >= 11 is 0. The van der Waals surface area contributed by atoms with Gasteiger partial charge >= 0.3 is 0 Å². The first-order chi connectivity index (χ1) is 19.3. The molecule has 4 rings (SSSR count). The summed E-state index contributed by atoms with van der Waals surface area (Å²) in [7, 11) is -2.56. The molecule has 8 nitrogen and oxygen atoms in total. The third-order valence-corrected chi connectivity index (χ3v) is 9.11. The number of ether oxygens (including phenoxy) is 1. The van der Waals surface area contributed by atoms with Crippen LogP contribution in [0.15, 0.2) is 89.8 Å². The van der Waals surface area contributed by atoms with Gasteiger partial charge in [0.1, 0.15) is 18.3 Å². The summed E-state index contributed by atoms with van der Waals surface area (Å²) in [5.41, 5.74) is 1.34. The number of methoxy groups -OCH3 is 1. The lowest BCUT2D eigenvalue weighted by atomic mass is 10.1. The summed E-state index contributed by atoms with van der Waals surface area (Å²) in [6.07, 6.45) is 4.53. The van der Waals surface area contributed by atoms with E-state index in [1.54, 1.807) is 49.4 Å². The van der Waals surface area contributed by atoms with Crippen LogP contribution >= 0.6 is 0 Å². The average Bonchev–Trinajstić information content (AvgIpc) is 3.50. The monoisotopic (exact) mass is 563 g/mol. The first-order valence-electron chi connectivity index (χ1n) is 13.6. The zero-order valence-electron chi connectivity index (χ0n) is 23.0. The number of anilines is 1. The highest BCUT2D eigenvalue weighted by Crippen LogP contribution is 2.26. The summed E-state index contributed by atoms with van der Waals surface area (Å²) in [6, 6.07) is 23.6. The van der Waals surface area contributed by atoms with Gasteiger partial charge in [-0.05, 0) is 68.1 Å². The van der Waals surface area contributed by atoms with Gasteiger partial charge in [0, 0.05) is 12.6 Å². The van der Waals surface area contributed by atoms with Crippen LogP contribution in [-0.2, 0) is 26.0 Å². The van der Waals surface area contributed by atoms with Crippen molar-refractivity contribution < 1.29 is 22.7 Å². The van der Waals surface area contributed by atoms with Crippen LogP contribution in [0.25, 0.3) is 0 Å². The molecular weight excluding hydrogens is 526 g/mol. The van der Waals surface area contributed by atoms with Crippen LogP contribution in [0.2, 0.25) is 0 Å². The average molecular weight is 564 g/mol. The van der Waals surface area contributed by atoms with Crippen molar-refractivity contribution in [2.75, 3.05) is 24.5 Å². The molecule has 0 aromatic heterocycles. The van der Waals surface area contributed by atoms with Gasteiger partial charge in [0.2, 0.25) is 11.8 Å². The van der Waals surface area contributed by atoms with Crippen molar-refractivity contribution in [3.63, 3.8) is 0 Å². The molecule has 1 fully saturated rings. The second-order valence-electron chi connectivity index (χ2n) is 10.0. The molecular formula is C31H37N3O5S.